The molecule has 0 N–H and O–H groups in total. The number of hydrogen-bond acceptors (Lipinski definition) is 3. The van der Waals surface area contributed by atoms with Crippen molar-refractivity contribution in [3.05, 3.63) is 71.8 Å². The molecule has 0 unspecified atom stereocenters. The van der Waals surface area contributed by atoms with Gasteiger partial charge in [-0.05, 0) is 48.4 Å². The van der Waals surface area contributed by atoms with E-state index in [0.717, 1.165) is 31.7 Å². The SMILES string of the molecule is CCN(C(=O)c1ccc2ccccc2c1)c1nc2c(C)cccc2s1. The molecule has 124 valence electrons. The van der Waals surface area contributed by atoms with Crippen LogP contribution in [-0.2, 0) is 0 Å². The van der Waals surface area contributed by atoms with Crippen LogP contribution < -0.4 is 4.90 Å². The Labute approximate surface area is 150 Å². The molecule has 4 rings (SSSR count). The summed E-state index contributed by atoms with van der Waals surface area (Å²) in [6.07, 6.45) is 0. The van der Waals surface area contributed by atoms with Crippen molar-refractivity contribution in [2.75, 3.05) is 11.4 Å². The number of benzene rings is 3. The summed E-state index contributed by atoms with van der Waals surface area (Å²) in [5, 5.41) is 2.97. The van der Waals surface area contributed by atoms with Gasteiger partial charge in [0, 0.05) is 12.1 Å². The highest BCUT2D eigenvalue weighted by molar-refractivity contribution is 7.22. The number of hydrogen-bond donors (Lipinski definition) is 0. The molecule has 25 heavy (non-hydrogen) atoms. The first-order chi connectivity index (χ1) is 12.2. The first-order valence-corrected chi connectivity index (χ1v) is 9.16. The summed E-state index contributed by atoms with van der Waals surface area (Å²) in [4.78, 5) is 19.5. The number of amides is 1. The number of aromatic nitrogens is 1. The van der Waals surface area contributed by atoms with E-state index in [-0.39, 0.29) is 5.91 Å². The average Bonchev–Trinajstić information content (AvgIpc) is 3.07. The Morgan fingerprint density at radius 3 is 2.60 bits per heavy atom. The Hall–Kier alpha value is -2.72. The lowest BCUT2D eigenvalue weighted by atomic mass is 10.1. The Balaban J connectivity index is 1.75. The van der Waals surface area contributed by atoms with Crippen LogP contribution in [0.25, 0.3) is 21.0 Å². The Morgan fingerprint density at radius 2 is 1.84 bits per heavy atom. The molecule has 0 aliphatic heterocycles. The minimum Gasteiger partial charge on any atom is -0.284 e. The van der Waals surface area contributed by atoms with E-state index < -0.39 is 0 Å². The summed E-state index contributed by atoms with van der Waals surface area (Å²) in [6, 6.07) is 20.1. The third-order valence-electron chi connectivity index (χ3n) is 4.40. The van der Waals surface area contributed by atoms with Gasteiger partial charge in [-0.15, -0.1) is 0 Å². The van der Waals surface area contributed by atoms with Gasteiger partial charge in [0.15, 0.2) is 5.13 Å². The van der Waals surface area contributed by atoms with E-state index in [1.807, 2.05) is 62.4 Å². The monoisotopic (exact) mass is 346 g/mol. The van der Waals surface area contributed by atoms with Gasteiger partial charge in [0.25, 0.3) is 5.91 Å². The van der Waals surface area contributed by atoms with Crippen LogP contribution in [0.3, 0.4) is 0 Å². The molecular weight excluding hydrogens is 328 g/mol. The molecule has 0 saturated carbocycles. The number of carbonyl (C=O) groups excluding carboxylic acids is 1. The van der Waals surface area contributed by atoms with Gasteiger partial charge in [0.1, 0.15) is 0 Å². The summed E-state index contributed by atoms with van der Waals surface area (Å²) in [5.41, 5.74) is 2.80. The smallest absolute Gasteiger partial charge is 0.260 e. The van der Waals surface area contributed by atoms with Crippen LogP contribution >= 0.6 is 11.3 Å². The molecule has 3 aromatic carbocycles. The zero-order valence-electron chi connectivity index (χ0n) is 14.2. The largest absolute Gasteiger partial charge is 0.284 e. The number of anilines is 1. The minimum atomic E-state index is -0.00929. The molecule has 0 spiro atoms. The second-order valence-corrected chi connectivity index (χ2v) is 7.04. The van der Waals surface area contributed by atoms with Crippen LogP contribution in [0.5, 0.6) is 0 Å². The number of nitrogens with zero attached hydrogens (tertiary/aromatic N) is 2. The van der Waals surface area contributed by atoms with Gasteiger partial charge in [0.05, 0.1) is 10.2 Å². The second-order valence-electron chi connectivity index (χ2n) is 6.03. The highest BCUT2D eigenvalue weighted by Crippen LogP contribution is 2.31. The summed E-state index contributed by atoms with van der Waals surface area (Å²) >= 11 is 1.56. The zero-order chi connectivity index (χ0) is 17.4. The van der Waals surface area contributed by atoms with Crippen molar-refractivity contribution in [3.8, 4) is 0 Å². The number of aryl methyl sites for hydroxylation is 1. The highest BCUT2D eigenvalue weighted by atomic mass is 32.1. The first kappa shape index (κ1) is 15.8. The molecule has 0 atom stereocenters. The maximum absolute atomic E-state index is 13.1. The molecule has 0 saturated heterocycles. The van der Waals surface area contributed by atoms with Crippen molar-refractivity contribution in [2.24, 2.45) is 0 Å². The van der Waals surface area contributed by atoms with Crippen LogP contribution in [0.2, 0.25) is 0 Å². The van der Waals surface area contributed by atoms with Gasteiger partial charge in [-0.3, -0.25) is 9.69 Å². The van der Waals surface area contributed by atoms with Crippen molar-refractivity contribution < 1.29 is 4.79 Å². The summed E-state index contributed by atoms with van der Waals surface area (Å²) in [6.45, 7) is 4.62. The lowest BCUT2D eigenvalue weighted by molar-refractivity contribution is 0.0988. The summed E-state index contributed by atoms with van der Waals surface area (Å²) in [7, 11) is 0. The molecule has 0 aliphatic rings. The molecule has 3 nitrogen and oxygen atoms in total. The Bertz CT molecular complexity index is 1080. The minimum absolute atomic E-state index is 0.00929. The predicted molar refractivity (Wildman–Crippen MR) is 106 cm³/mol. The van der Waals surface area contributed by atoms with Crippen LogP contribution in [0.4, 0.5) is 5.13 Å². The van der Waals surface area contributed by atoms with E-state index in [1.54, 1.807) is 16.2 Å². The van der Waals surface area contributed by atoms with Gasteiger partial charge in [0.2, 0.25) is 0 Å². The van der Waals surface area contributed by atoms with Gasteiger partial charge >= 0.3 is 0 Å². The first-order valence-electron chi connectivity index (χ1n) is 8.34. The zero-order valence-corrected chi connectivity index (χ0v) is 15.0. The molecule has 4 heteroatoms. The number of thiazole rings is 1. The van der Waals surface area contributed by atoms with E-state index >= 15 is 0 Å². The summed E-state index contributed by atoms with van der Waals surface area (Å²) in [5.74, 6) is -0.00929. The lowest BCUT2D eigenvalue weighted by Crippen LogP contribution is -2.30. The van der Waals surface area contributed by atoms with Crippen LogP contribution in [0.15, 0.2) is 60.7 Å². The summed E-state index contributed by atoms with van der Waals surface area (Å²) < 4.78 is 1.11. The maximum atomic E-state index is 13.1. The highest BCUT2D eigenvalue weighted by Gasteiger charge is 2.20. The fraction of sp³-hybridized carbons (Fsp3) is 0.143. The molecular formula is C21H18N2OS. The van der Waals surface area contributed by atoms with Crippen molar-refractivity contribution in [3.63, 3.8) is 0 Å². The predicted octanol–water partition coefficient (Wildman–Crippen LogP) is 5.42. The van der Waals surface area contributed by atoms with Gasteiger partial charge in [-0.25, -0.2) is 4.98 Å². The lowest BCUT2D eigenvalue weighted by Gasteiger charge is -2.18. The fourth-order valence-electron chi connectivity index (χ4n) is 3.03. The van der Waals surface area contributed by atoms with E-state index in [4.69, 9.17) is 4.98 Å². The van der Waals surface area contributed by atoms with Crippen LogP contribution in [-0.4, -0.2) is 17.4 Å². The number of para-hydroxylation sites is 1. The molecule has 0 bridgehead atoms. The fourth-order valence-corrected chi connectivity index (χ4v) is 4.14. The molecule has 1 aromatic heterocycles. The van der Waals surface area contributed by atoms with Gasteiger partial charge in [-0.2, -0.15) is 0 Å². The normalized spacial score (nSPS) is 11.1. The van der Waals surface area contributed by atoms with E-state index in [1.165, 1.54) is 0 Å². The topological polar surface area (TPSA) is 33.2 Å². The van der Waals surface area contributed by atoms with Gasteiger partial charge < -0.3 is 0 Å². The molecule has 0 aliphatic carbocycles. The molecule has 0 radical (unpaired) electrons. The van der Waals surface area contributed by atoms with E-state index in [0.29, 0.717) is 12.1 Å². The number of carbonyl (C=O) groups is 1. The third kappa shape index (κ3) is 2.79. The standard InChI is InChI=1S/C21H18N2OS/c1-3-23(21-22-19-14(2)7-6-10-18(19)25-21)20(24)17-12-11-15-8-4-5-9-16(15)13-17/h4-13H,3H2,1-2H3. The van der Waals surface area contributed by atoms with Crippen molar-refractivity contribution >= 4 is 43.4 Å². The average molecular weight is 346 g/mol. The molecule has 1 heterocycles. The Kier molecular flexibility index (Phi) is 3.98. The van der Waals surface area contributed by atoms with E-state index in [9.17, 15) is 4.79 Å². The van der Waals surface area contributed by atoms with Crippen molar-refractivity contribution in [1.29, 1.82) is 0 Å². The van der Waals surface area contributed by atoms with Crippen molar-refractivity contribution in [2.45, 2.75) is 13.8 Å². The maximum Gasteiger partial charge on any atom is 0.260 e. The second kappa shape index (κ2) is 6.30. The van der Waals surface area contributed by atoms with E-state index in [2.05, 4.69) is 12.1 Å². The molecule has 4 aromatic rings. The Morgan fingerprint density at radius 1 is 1.04 bits per heavy atom. The number of rotatable bonds is 3. The molecule has 0 fully saturated rings. The third-order valence-corrected chi connectivity index (χ3v) is 5.44. The van der Waals surface area contributed by atoms with Crippen LogP contribution in [0.1, 0.15) is 22.8 Å². The number of fused-ring (bicyclic) bond motifs is 2. The van der Waals surface area contributed by atoms with Gasteiger partial charge in [-0.1, -0.05) is 53.8 Å². The van der Waals surface area contributed by atoms with Crippen molar-refractivity contribution in [1.82, 2.24) is 4.98 Å². The molecule has 1 amide bonds. The van der Waals surface area contributed by atoms with Crippen LogP contribution in [0, 0.1) is 6.92 Å². The quantitative estimate of drug-likeness (QED) is 0.496.